The van der Waals surface area contributed by atoms with Crippen LogP contribution in [0.1, 0.15) is 33.1 Å². The maximum absolute atomic E-state index is 12.6. The number of carbonyl (C=O) groups excluding carboxylic acids is 1. The molecule has 0 unspecified atom stereocenters. The van der Waals surface area contributed by atoms with Gasteiger partial charge >= 0.3 is 0 Å². The molecule has 1 amide bonds. The van der Waals surface area contributed by atoms with Gasteiger partial charge in [-0.15, -0.1) is 0 Å². The Balaban J connectivity index is 1.89. The van der Waals surface area contributed by atoms with E-state index in [4.69, 9.17) is 11.6 Å². The van der Waals surface area contributed by atoms with Crippen molar-refractivity contribution in [1.29, 1.82) is 0 Å². The van der Waals surface area contributed by atoms with Gasteiger partial charge in [-0.3, -0.25) is 14.2 Å². The van der Waals surface area contributed by atoms with E-state index in [-0.39, 0.29) is 30.1 Å². The normalized spacial score (nSPS) is 21.6. The molecule has 1 fully saturated rings. The van der Waals surface area contributed by atoms with Gasteiger partial charge in [0.25, 0.3) is 5.56 Å². The molecule has 0 spiro atoms. The van der Waals surface area contributed by atoms with Gasteiger partial charge in [-0.1, -0.05) is 11.6 Å². The Kier molecular flexibility index (Phi) is 4.39. The lowest BCUT2D eigenvalue weighted by molar-refractivity contribution is -0.138. The minimum absolute atomic E-state index is 0.0260. The molecule has 122 valence electrons. The average molecular weight is 334 g/mol. The van der Waals surface area contributed by atoms with E-state index in [0.717, 1.165) is 19.3 Å². The minimum atomic E-state index is -0.211. The summed E-state index contributed by atoms with van der Waals surface area (Å²) in [5.41, 5.74) is 0.336. The van der Waals surface area contributed by atoms with E-state index < -0.39 is 0 Å². The first-order chi connectivity index (χ1) is 11.0. The van der Waals surface area contributed by atoms with Crippen LogP contribution in [0.15, 0.2) is 29.3 Å². The van der Waals surface area contributed by atoms with Crippen LogP contribution in [0, 0.1) is 0 Å². The second-order valence-electron chi connectivity index (χ2n) is 6.27. The van der Waals surface area contributed by atoms with E-state index in [2.05, 4.69) is 18.8 Å². The van der Waals surface area contributed by atoms with Gasteiger partial charge in [0.15, 0.2) is 0 Å². The number of amides is 1. The molecule has 1 aromatic carbocycles. The molecule has 3 rings (SSSR count). The van der Waals surface area contributed by atoms with E-state index in [0.29, 0.717) is 15.9 Å². The zero-order valence-corrected chi connectivity index (χ0v) is 14.1. The highest BCUT2D eigenvalue weighted by Gasteiger charge is 2.29. The van der Waals surface area contributed by atoms with E-state index >= 15 is 0 Å². The fourth-order valence-electron chi connectivity index (χ4n) is 3.38. The zero-order valence-electron chi connectivity index (χ0n) is 13.3. The number of hydrogen-bond acceptors (Lipinski definition) is 3. The number of rotatable bonds is 2. The number of nitrogens with zero attached hydrogens (tertiary/aromatic N) is 3. The maximum Gasteiger partial charge on any atom is 0.261 e. The van der Waals surface area contributed by atoms with Crippen molar-refractivity contribution in [2.24, 2.45) is 0 Å². The zero-order chi connectivity index (χ0) is 16.6. The van der Waals surface area contributed by atoms with Crippen molar-refractivity contribution >= 4 is 28.4 Å². The molecular formula is C17H20ClN3O2. The molecule has 2 aromatic rings. The third-order valence-corrected chi connectivity index (χ3v) is 4.81. The number of piperidine rings is 1. The van der Waals surface area contributed by atoms with Crippen LogP contribution in [0.2, 0.25) is 5.02 Å². The summed E-state index contributed by atoms with van der Waals surface area (Å²) in [6.45, 7) is 4.16. The highest BCUT2D eigenvalue weighted by atomic mass is 35.5. The summed E-state index contributed by atoms with van der Waals surface area (Å²) in [7, 11) is 0. The van der Waals surface area contributed by atoms with Gasteiger partial charge in [-0.25, -0.2) is 4.98 Å². The van der Waals surface area contributed by atoms with Crippen molar-refractivity contribution in [3.63, 3.8) is 0 Å². The molecule has 6 heteroatoms. The van der Waals surface area contributed by atoms with Crippen molar-refractivity contribution in [3.05, 3.63) is 39.9 Å². The van der Waals surface area contributed by atoms with Crippen LogP contribution in [-0.2, 0) is 11.3 Å². The molecule has 23 heavy (non-hydrogen) atoms. The molecule has 1 aromatic heterocycles. The number of benzene rings is 1. The SMILES string of the molecule is C[C@@H]1CCC[C@@H](C)N1C(=O)Cn1cnc2cc(Cl)ccc2c1=O. The van der Waals surface area contributed by atoms with Gasteiger partial charge in [-0.05, 0) is 51.3 Å². The topological polar surface area (TPSA) is 55.2 Å². The summed E-state index contributed by atoms with van der Waals surface area (Å²) in [5, 5.41) is 1.01. The van der Waals surface area contributed by atoms with Gasteiger partial charge in [-0.2, -0.15) is 0 Å². The second kappa shape index (κ2) is 6.32. The monoisotopic (exact) mass is 333 g/mol. The summed E-state index contributed by atoms with van der Waals surface area (Å²) >= 11 is 5.92. The van der Waals surface area contributed by atoms with Crippen LogP contribution in [-0.4, -0.2) is 32.4 Å². The van der Waals surface area contributed by atoms with Crippen molar-refractivity contribution in [2.75, 3.05) is 0 Å². The Labute approximate surface area is 139 Å². The molecule has 5 nitrogen and oxygen atoms in total. The molecular weight excluding hydrogens is 314 g/mol. The fourth-order valence-corrected chi connectivity index (χ4v) is 3.55. The largest absolute Gasteiger partial charge is 0.336 e. The molecule has 0 bridgehead atoms. The predicted molar refractivity (Wildman–Crippen MR) is 90.6 cm³/mol. The highest BCUT2D eigenvalue weighted by molar-refractivity contribution is 6.31. The number of halogens is 1. The molecule has 2 heterocycles. The predicted octanol–water partition coefficient (Wildman–Crippen LogP) is 2.84. The van der Waals surface area contributed by atoms with Gasteiger partial charge in [0.2, 0.25) is 5.91 Å². The highest BCUT2D eigenvalue weighted by Crippen LogP contribution is 2.22. The number of carbonyl (C=O) groups is 1. The Morgan fingerprint density at radius 2 is 2.00 bits per heavy atom. The van der Waals surface area contributed by atoms with Gasteiger partial charge in [0.05, 0.1) is 17.2 Å². The molecule has 0 radical (unpaired) electrons. The van der Waals surface area contributed by atoms with Crippen molar-refractivity contribution in [1.82, 2.24) is 14.5 Å². The molecule has 1 aliphatic rings. The van der Waals surface area contributed by atoms with Crippen LogP contribution in [0.25, 0.3) is 10.9 Å². The number of aromatic nitrogens is 2. The van der Waals surface area contributed by atoms with Crippen molar-refractivity contribution in [3.8, 4) is 0 Å². The van der Waals surface area contributed by atoms with Crippen LogP contribution in [0.5, 0.6) is 0 Å². The third kappa shape index (κ3) is 3.11. The average Bonchev–Trinajstić information content (AvgIpc) is 2.50. The fraction of sp³-hybridized carbons (Fsp3) is 0.471. The second-order valence-corrected chi connectivity index (χ2v) is 6.71. The smallest absolute Gasteiger partial charge is 0.261 e. The Morgan fingerprint density at radius 3 is 2.70 bits per heavy atom. The lowest BCUT2D eigenvalue weighted by atomic mass is 9.97. The Hall–Kier alpha value is -1.88. The van der Waals surface area contributed by atoms with E-state index in [1.807, 2.05) is 4.90 Å². The molecule has 1 saturated heterocycles. The van der Waals surface area contributed by atoms with Crippen LogP contribution < -0.4 is 5.56 Å². The van der Waals surface area contributed by atoms with Crippen molar-refractivity contribution < 1.29 is 4.79 Å². The van der Waals surface area contributed by atoms with Gasteiger partial charge in [0.1, 0.15) is 6.54 Å². The number of fused-ring (bicyclic) bond motifs is 1. The molecule has 0 aliphatic carbocycles. The van der Waals surface area contributed by atoms with Crippen LogP contribution in [0.4, 0.5) is 0 Å². The standard InChI is InChI=1S/C17H20ClN3O2/c1-11-4-3-5-12(2)21(11)16(22)9-20-10-19-15-8-13(18)6-7-14(15)17(20)23/h6-8,10-12H,3-5,9H2,1-2H3/t11-,12-/m1/s1. The third-order valence-electron chi connectivity index (χ3n) is 4.57. The summed E-state index contributed by atoms with van der Waals surface area (Å²) < 4.78 is 1.38. The lowest BCUT2D eigenvalue weighted by Gasteiger charge is -2.39. The first kappa shape index (κ1) is 16.0. The summed E-state index contributed by atoms with van der Waals surface area (Å²) in [6, 6.07) is 5.40. The first-order valence-electron chi connectivity index (χ1n) is 7.93. The maximum atomic E-state index is 12.6. The first-order valence-corrected chi connectivity index (χ1v) is 8.31. The number of likely N-dealkylation sites (tertiary alicyclic amines) is 1. The molecule has 2 atom stereocenters. The lowest BCUT2D eigenvalue weighted by Crippen LogP contribution is -2.49. The molecule has 0 saturated carbocycles. The Bertz CT molecular complexity index is 792. The quantitative estimate of drug-likeness (QED) is 0.849. The van der Waals surface area contributed by atoms with Crippen molar-refractivity contribution in [2.45, 2.75) is 51.7 Å². The van der Waals surface area contributed by atoms with Crippen LogP contribution >= 0.6 is 11.6 Å². The summed E-state index contributed by atoms with van der Waals surface area (Å²) in [6.07, 6.45) is 4.60. The Morgan fingerprint density at radius 1 is 1.30 bits per heavy atom. The number of hydrogen-bond donors (Lipinski definition) is 0. The van der Waals surface area contributed by atoms with E-state index in [1.54, 1.807) is 18.2 Å². The summed E-state index contributed by atoms with van der Waals surface area (Å²) in [4.78, 5) is 31.3. The van der Waals surface area contributed by atoms with Gasteiger partial charge < -0.3 is 4.90 Å². The van der Waals surface area contributed by atoms with Gasteiger partial charge in [0, 0.05) is 17.1 Å². The summed E-state index contributed by atoms with van der Waals surface area (Å²) in [5.74, 6) is -0.0260. The van der Waals surface area contributed by atoms with E-state index in [1.165, 1.54) is 10.9 Å². The molecule has 1 aliphatic heterocycles. The van der Waals surface area contributed by atoms with Crippen LogP contribution in [0.3, 0.4) is 0 Å². The van der Waals surface area contributed by atoms with E-state index in [9.17, 15) is 9.59 Å². The molecule has 0 N–H and O–H groups in total. The minimum Gasteiger partial charge on any atom is -0.336 e.